The van der Waals surface area contributed by atoms with E-state index >= 15 is 0 Å². The minimum Gasteiger partial charge on any atom is -0.466 e. The molecule has 0 saturated heterocycles. The topological polar surface area (TPSA) is 29.5 Å². The second kappa shape index (κ2) is 6.11. The minimum absolute atomic E-state index is 0.00412. The van der Waals surface area contributed by atoms with Gasteiger partial charge in [-0.05, 0) is 26.8 Å². The molecule has 1 aliphatic carbocycles. The fourth-order valence-electron chi connectivity index (χ4n) is 2.29. The van der Waals surface area contributed by atoms with E-state index in [1.54, 1.807) is 0 Å². The first-order valence-corrected chi connectivity index (χ1v) is 6.02. The van der Waals surface area contributed by atoms with Crippen LogP contribution in [0.3, 0.4) is 0 Å². The number of rotatable bonds is 5. The lowest BCUT2D eigenvalue weighted by Gasteiger charge is -2.26. The molecule has 88 valence electrons. The molecule has 1 fully saturated rings. The largest absolute Gasteiger partial charge is 0.466 e. The van der Waals surface area contributed by atoms with E-state index < -0.39 is 0 Å². The van der Waals surface area contributed by atoms with Crippen LogP contribution >= 0.6 is 0 Å². The van der Waals surface area contributed by atoms with Crippen molar-refractivity contribution in [2.24, 2.45) is 5.92 Å². The van der Waals surface area contributed by atoms with Crippen LogP contribution in [0.2, 0.25) is 0 Å². The van der Waals surface area contributed by atoms with E-state index in [1.807, 2.05) is 13.8 Å². The Morgan fingerprint density at radius 1 is 1.47 bits per heavy atom. The van der Waals surface area contributed by atoms with Crippen molar-refractivity contribution in [3.63, 3.8) is 0 Å². The Labute approximate surface area is 92.8 Å². The minimum atomic E-state index is -0.0673. The SMILES string of the molecule is CCOC(=O)C(C)CN(C)C1CCCC1. The Hall–Kier alpha value is -0.570. The molecular formula is C12H23NO2. The molecule has 1 saturated carbocycles. The normalized spacial score (nSPS) is 19.5. The Kier molecular flexibility index (Phi) is 5.09. The number of esters is 1. The van der Waals surface area contributed by atoms with Crippen molar-refractivity contribution in [3.05, 3.63) is 0 Å². The third-order valence-electron chi connectivity index (χ3n) is 3.20. The van der Waals surface area contributed by atoms with E-state index in [0.717, 1.165) is 6.54 Å². The molecule has 3 heteroatoms. The Morgan fingerprint density at radius 2 is 2.07 bits per heavy atom. The Morgan fingerprint density at radius 3 is 2.60 bits per heavy atom. The Bertz CT molecular complexity index is 200. The predicted octanol–water partition coefficient (Wildman–Crippen LogP) is 2.06. The summed E-state index contributed by atoms with van der Waals surface area (Å²) >= 11 is 0. The fourth-order valence-corrected chi connectivity index (χ4v) is 2.29. The molecule has 0 radical (unpaired) electrons. The summed E-state index contributed by atoms with van der Waals surface area (Å²) < 4.78 is 5.00. The van der Waals surface area contributed by atoms with Gasteiger partial charge in [0.25, 0.3) is 0 Å². The molecule has 3 nitrogen and oxygen atoms in total. The predicted molar refractivity (Wildman–Crippen MR) is 60.7 cm³/mol. The van der Waals surface area contributed by atoms with Crippen molar-refractivity contribution in [1.82, 2.24) is 4.90 Å². The molecule has 0 aliphatic heterocycles. The molecule has 0 aromatic carbocycles. The maximum Gasteiger partial charge on any atom is 0.309 e. The van der Waals surface area contributed by atoms with E-state index in [4.69, 9.17) is 4.74 Å². The van der Waals surface area contributed by atoms with Crippen molar-refractivity contribution < 1.29 is 9.53 Å². The highest BCUT2D eigenvalue weighted by molar-refractivity contribution is 5.72. The number of ether oxygens (including phenoxy) is 1. The maximum atomic E-state index is 11.4. The molecule has 1 aliphatic rings. The molecule has 0 aromatic rings. The number of hydrogen-bond donors (Lipinski definition) is 0. The van der Waals surface area contributed by atoms with Crippen LogP contribution in [0.15, 0.2) is 0 Å². The van der Waals surface area contributed by atoms with Crippen LogP contribution in [-0.4, -0.2) is 37.1 Å². The first kappa shape index (κ1) is 12.5. The lowest BCUT2D eigenvalue weighted by atomic mass is 10.1. The van der Waals surface area contributed by atoms with Crippen LogP contribution < -0.4 is 0 Å². The van der Waals surface area contributed by atoms with Gasteiger partial charge in [0.1, 0.15) is 0 Å². The molecule has 0 spiro atoms. The monoisotopic (exact) mass is 213 g/mol. The van der Waals surface area contributed by atoms with Gasteiger partial charge in [0.2, 0.25) is 0 Å². The van der Waals surface area contributed by atoms with Crippen LogP contribution in [0.4, 0.5) is 0 Å². The molecule has 0 N–H and O–H groups in total. The summed E-state index contributed by atoms with van der Waals surface area (Å²) in [7, 11) is 2.12. The van der Waals surface area contributed by atoms with Crippen molar-refractivity contribution in [3.8, 4) is 0 Å². The van der Waals surface area contributed by atoms with Gasteiger partial charge in [0.15, 0.2) is 0 Å². The van der Waals surface area contributed by atoms with Crippen molar-refractivity contribution >= 4 is 5.97 Å². The van der Waals surface area contributed by atoms with Crippen LogP contribution in [0.1, 0.15) is 39.5 Å². The van der Waals surface area contributed by atoms with Gasteiger partial charge in [0, 0.05) is 12.6 Å². The van der Waals surface area contributed by atoms with E-state index in [1.165, 1.54) is 25.7 Å². The average Bonchev–Trinajstić information content (AvgIpc) is 2.70. The van der Waals surface area contributed by atoms with Crippen LogP contribution in [0.25, 0.3) is 0 Å². The molecular weight excluding hydrogens is 190 g/mol. The zero-order valence-corrected chi connectivity index (χ0v) is 10.2. The van der Waals surface area contributed by atoms with Crippen molar-refractivity contribution in [2.75, 3.05) is 20.2 Å². The van der Waals surface area contributed by atoms with Gasteiger partial charge in [0.05, 0.1) is 12.5 Å². The summed E-state index contributed by atoms with van der Waals surface area (Å²) in [5.41, 5.74) is 0. The van der Waals surface area contributed by atoms with Gasteiger partial charge in [-0.15, -0.1) is 0 Å². The number of nitrogens with zero attached hydrogens (tertiary/aromatic N) is 1. The van der Waals surface area contributed by atoms with Gasteiger partial charge in [-0.1, -0.05) is 19.8 Å². The van der Waals surface area contributed by atoms with Crippen molar-refractivity contribution in [1.29, 1.82) is 0 Å². The fraction of sp³-hybridized carbons (Fsp3) is 0.917. The number of carbonyl (C=O) groups excluding carboxylic acids is 1. The molecule has 1 atom stereocenters. The molecule has 0 heterocycles. The summed E-state index contributed by atoms with van der Waals surface area (Å²) in [5.74, 6) is -0.0714. The summed E-state index contributed by atoms with van der Waals surface area (Å²) in [4.78, 5) is 13.8. The standard InChI is InChI=1S/C12H23NO2/c1-4-15-12(14)10(2)9-13(3)11-7-5-6-8-11/h10-11H,4-9H2,1-3H3. The molecule has 0 bridgehead atoms. The van der Waals surface area contributed by atoms with Gasteiger partial charge in [-0.2, -0.15) is 0 Å². The molecule has 0 amide bonds. The second-order valence-corrected chi connectivity index (χ2v) is 4.53. The van der Waals surface area contributed by atoms with Gasteiger partial charge < -0.3 is 9.64 Å². The quantitative estimate of drug-likeness (QED) is 0.655. The summed E-state index contributed by atoms with van der Waals surface area (Å²) in [6.45, 7) is 5.11. The average molecular weight is 213 g/mol. The smallest absolute Gasteiger partial charge is 0.309 e. The summed E-state index contributed by atoms with van der Waals surface area (Å²) in [6.07, 6.45) is 5.24. The number of carbonyl (C=O) groups is 1. The van der Waals surface area contributed by atoms with Crippen LogP contribution in [0, 0.1) is 5.92 Å². The molecule has 0 aromatic heterocycles. The van der Waals surface area contributed by atoms with Crippen LogP contribution in [0.5, 0.6) is 0 Å². The lowest BCUT2D eigenvalue weighted by molar-refractivity contribution is -0.148. The highest BCUT2D eigenvalue weighted by Gasteiger charge is 2.23. The van der Waals surface area contributed by atoms with Gasteiger partial charge in [-0.3, -0.25) is 4.79 Å². The molecule has 15 heavy (non-hydrogen) atoms. The van der Waals surface area contributed by atoms with E-state index in [0.29, 0.717) is 12.6 Å². The highest BCUT2D eigenvalue weighted by atomic mass is 16.5. The third kappa shape index (κ3) is 3.82. The zero-order chi connectivity index (χ0) is 11.3. The van der Waals surface area contributed by atoms with E-state index in [-0.39, 0.29) is 11.9 Å². The first-order chi connectivity index (χ1) is 7.15. The second-order valence-electron chi connectivity index (χ2n) is 4.53. The highest BCUT2D eigenvalue weighted by Crippen LogP contribution is 2.23. The molecule has 1 rings (SSSR count). The third-order valence-corrected chi connectivity index (χ3v) is 3.20. The lowest BCUT2D eigenvalue weighted by Crippen LogP contribution is -2.35. The zero-order valence-electron chi connectivity index (χ0n) is 10.2. The molecule has 1 unspecified atom stereocenters. The van der Waals surface area contributed by atoms with E-state index in [2.05, 4.69) is 11.9 Å². The number of hydrogen-bond acceptors (Lipinski definition) is 3. The van der Waals surface area contributed by atoms with Gasteiger partial charge in [-0.25, -0.2) is 0 Å². The van der Waals surface area contributed by atoms with Crippen molar-refractivity contribution in [2.45, 2.75) is 45.6 Å². The first-order valence-electron chi connectivity index (χ1n) is 6.02. The van der Waals surface area contributed by atoms with Gasteiger partial charge >= 0.3 is 5.97 Å². The van der Waals surface area contributed by atoms with Crippen LogP contribution in [-0.2, 0) is 9.53 Å². The Balaban J connectivity index is 2.29. The maximum absolute atomic E-state index is 11.4. The summed E-state index contributed by atoms with van der Waals surface area (Å²) in [5, 5.41) is 0. The van der Waals surface area contributed by atoms with E-state index in [9.17, 15) is 4.79 Å². The summed E-state index contributed by atoms with van der Waals surface area (Å²) in [6, 6.07) is 0.682.